The molecule has 0 aliphatic heterocycles. The summed E-state index contributed by atoms with van der Waals surface area (Å²) >= 11 is 0. The van der Waals surface area contributed by atoms with Crippen LogP contribution in [0, 0.1) is 0 Å². The van der Waals surface area contributed by atoms with Crippen molar-refractivity contribution in [2.75, 3.05) is 12.9 Å². The zero-order valence-corrected chi connectivity index (χ0v) is 8.27. The Morgan fingerprint density at radius 2 is 1.82 bits per heavy atom. The summed E-state index contributed by atoms with van der Waals surface area (Å²) in [7, 11) is -3.15. The van der Waals surface area contributed by atoms with Crippen LogP contribution in [0.15, 0.2) is 0 Å². The SMILES string of the molecule is CC.CC(CO)NS(C)(=O)=O. The van der Waals surface area contributed by atoms with Crippen LogP contribution in [0.4, 0.5) is 0 Å². The Kier molecular flexibility index (Phi) is 8.04. The van der Waals surface area contributed by atoms with Gasteiger partial charge in [0.1, 0.15) is 0 Å². The molecule has 0 heterocycles. The van der Waals surface area contributed by atoms with Gasteiger partial charge in [0.25, 0.3) is 0 Å². The largest absolute Gasteiger partial charge is 0.395 e. The maximum atomic E-state index is 10.4. The molecule has 11 heavy (non-hydrogen) atoms. The molecule has 0 saturated heterocycles. The van der Waals surface area contributed by atoms with Gasteiger partial charge in [0.05, 0.1) is 12.9 Å². The van der Waals surface area contributed by atoms with Crippen LogP contribution in [-0.2, 0) is 10.0 Å². The predicted octanol–water partition coefficient (Wildman–Crippen LogP) is -0.0574. The van der Waals surface area contributed by atoms with Gasteiger partial charge >= 0.3 is 0 Å². The molecule has 70 valence electrons. The molecule has 0 amide bonds. The third-order valence-corrected chi connectivity index (χ3v) is 1.52. The molecule has 0 aromatic heterocycles. The van der Waals surface area contributed by atoms with Crippen LogP contribution in [0.25, 0.3) is 0 Å². The molecule has 0 aromatic rings. The van der Waals surface area contributed by atoms with Crippen molar-refractivity contribution in [1.29, 1.82) is 0 Å². The molecule has 0 aliphatic carbocycles. The topological polar surface area (TPSA) is 66.4 Å². The molecule has 4 nitrogen and oxygen atoms in total. The quantitative estimate of drug-likeness (QED) is 0.644. The van der Waals surface area contributed by atoms with Crippen molar-refractivity contribution in [2.45, 2.75) is 26.8 Å². The number of rotatable bonds is 3. The van der Waals surface area contributed by atoms with Crippen LogP contribution in [0.1, 0.15) is 20.8 Å². The van der Waals surface area contributed by atoms with Crippen molar-refractivity contribution >= 4 is 10.0 Å². The molecule has 0 bridgehead atoms. The summed E-state index contributed by atoms with van der Waals surface area (Å²) in [6.07, 6.45) is 1.05. The fourth-order valence-corrected chi connectivity index (χ4v) is 1.21. The van der Waals surface area contributed by atoms with E-state index in [-0.39, 0.29) is 12.6 Å². The van der Waals surface area contributed by atoms with Gasteiger partial charge in [-0.05, 0) is 6.92 Å². The van der Waals surface area contributed by atoms with Gasteiger partial charge in [0.2, 0.25) is 10.0 Å². The van der Waals surface area contributed by atoms with Crippen LogP contribution in [0.5, 0.6) is 0 Å². The fourth-order valence-electron chi connectivity index (χ4n) is 0.403. The Bertz CT molecular complexity index is 165. The number of aliphatic hydroxyl groups is 1. The molecule has 0 saturated carbocycles. The van der Waals surface area contributed by atoms with Crippen molar-refractivity contribution in [3.05, 3.63) is 0 Å². The van der Waals surface area contributed by atoms with Crippen LogP contribution in [0.3, 0.4) is 0 Å². The molecule has 0 radical (unpaired) electrons. The van der Waals surface area contributed by atoms with Crippen molar-refractivity contribution < 1.29 is 13.5 Å². The van der Waals surface area contributed by atoms with E-state index in [4.69, 9.17) is 5.11 Å². The molecular formula is C6H17NO3S. The fraction of sp³-hybridized carbons (Fsp3) is 1.00. The first-order valence-electron chi connectivity index (χ1n) is 3.54. The lowest BCUT2D eigenvalue weighted by Gasteiger charge is -2.06. The molecule has 0 aromatic carbocycles. The van der Waals surface area contributed by atoms with E-state index in [1.54, 1.807) is 6.92 Å². The molecule has 2 N–H and O–H groups in total. The summed E-state index contributed by atoms with van der Waals surface area (Å²) in [5, 5.41) is 8.37. The highest BCUT2D eigenvalue weighted by atomic mass is 32.2. The van der Waals surface area contributed by atoms with Gasteiger partial charge in [-0.25, -0.2) is 13.1 Å². The lowest BCUT2D eigenvalue weighted by molar-refractivity contribution is 0.265. The van der Waals surface area contributed by atoms with Crippen molar-refractivity contribution in [3.8, 4) is 0 Å². The lowest BCUT2D eigenvalue weighted by Crippen LogP contribution is -2.33. The minimum atomic E-state index is -3.15. The highest BCUT2D eigenvalue weighted by molar-refractivity contribution is 7.88. The van der Waals surface area contributed by atoms with Gasteiger partial charge in [-0.2, -0.15) is 0 Å². The minimum absolute atomic E-state index is 0.174. The van der Waals surface area contributed by atoms with Crippen LogP contribution in [-0.4, -0.2) is 32.4 Å². The average Bonchev–Trinajstić information content (AvgIpc) is 1.89. The van der Waals surface area contributed by atoms with E-state index < -0.39 is 10.0 Å². The van der Waals surface area contributed by atoms with E-state index in [1.807, 2.05) is 13.8 Å². The molecule has 0 spiro atoms. The third kappa shape index (κ3) is 13.0. The van der Waals surface area contributed by atoms with Gasteiger partial charge in [-0.15, -0.1) is 0 Å². The second kappa shape index (κ2) is 6.57. The van der Waals surface area contributed by atoms with Crippen molar-refractivity contribution in [2.24, 2.45) is 0 Å². The van der Waals surface area contributed by atoms with Crippen LogP contribution in [0.2, 0.25) is 0 Å². The highest BCUT2D eigenvalue weighted by Gasteiger charge is 2.05. The Morgan fingerprint density at radius 1 is 1.45 bits per heavy atom. The lowest BCUT2D eigenvalue weighted by atomic mass is 10.4. The number of aliphatic hydroxyl groups excluding tert-OH is 1. The Labute approximate surface area is 68.7 Å². The van der Waals surface area contributed by atoms with E-state index in [9.17, 15) is 8.42 Å². The average molecular weight is 183 g/mol. The summed E-state index contributed by atoms with van der Waals surface area (Å²) in [6, 6.07) is -0.389. The van der Waals surface area contributed by atoms with Gasteiger partial charge in [-0.1, -0.05) is 13.8 Å². The Hall–Kier alpha value is -0.130. The van der Waals surface area contributed by atoms with E-state index >= 15 is 0 Å². The summed E-state index contributed by atoms with van der Waals surface area (Å²) in [5.74, 6) is 0. The number of hydrogen-bond acceptors (Lipinski definition) is 3. The first-order valence-corrected chi connectivity index (χ1v) is 5.43. The number of hydrogen-bond donors (Lipinski definition) is 2. The standard InChI is InChI=1S/C4H11NO3S.C2H6/c1-4(3-6)5-9(2,7)8;1-2/h4-6H,3H2,1-2H3;1-2H3. The predicted molar refractivity (Wildman–Crippen MR) is 45.9 cm³/mol. The normalized spacial score (nSPS) is 13.2. The zero-order chi connectivity index (χ0) is 9.49. The number of sulfonamides is 1. The first kappa shape index (κ1) is 13.5. The zero-order valence-electron chi connectivity index (χ0n) is 7.46. The summed E-state index contributed by atoms with van der Waals surface area (Å²) in [5.41, 5.74) is 0. The monoisotopic (exact) mass is 183 g/mol. The molecule has 5 heteroatoms. The Morgan fingerprint density at radius 3 is 1.91 bits per heavy atom. The van der Waals surface area contributed by atoms with E-state index in [2.05, 4.69) is 4.72 Å². The second-order valence-electron chi connectivity index (χ2n) is 1.97. The molecule has 1 atom stereocenters. The highest BCUT2D eigenvalue weighted by Crippen LogP contribution is 1.81. The van der Waals surface area contributed by atoms with Gasteiger partial charge in [0, 0.05) is 6.04 Å². The van der Waals surface area contributed by atoms with Crippen LogP contribution >= 0.6 is 0 Å². The smallest absolute Gasteiger partial charge is 0.209 e. The van der Waals surface area contributed by atoms with E-state index in [0.29, 0.717) is 0 Å². The second-order valence-corrected chi connectivity index (χ2v) is 3.75. The maximum absolute atomic E-state index is 10.4. The van der Waals surface area contributed by atoms with Crippen molar-refractivity contribution in [3.63, 3.8) is 0 Å². The van der Waals surface area contributed by atoms with Gasteiger partial charge in [-0.3, -0.25) is 0 Å². The van der Waals surface area contributed by atoms with E-state index in [0.717, 1.165) is 6.26 Å². The van der Waals surface area contributed by atoms with Gasteiger partial charge < -0.3 is 5.11 Å². The van der Waals surface area contributed by atoms with E-state index in [1.165, 1.54) is 0 Å². The first-order chi connectivity index (χ1) is 4.95. The van der Waals surface area contributed by atoms with Gasteiger partial charge in [0.15, 0.2) is 0 Å². The summed E-state index contributed by atoms with van der Waals surface area (Å²) in [6.45, 7) is 5.41. The van der Waals surface area contributed by atoms with Crippen molar-refractivity contribution in [1.82, 2.24) is 4.72 Å². The molecular weight excluding hydrogens is 166 g/mol. The molecule has 0 aliphatic rings. The third-order valence-electron chi connectivity index (χ3n) is 0.689. The summed E-state index contributed by atoms with van der Waals surface area (Å²) in [4.78, 5) is 0. The van der Waals surface area contributed by atoms with Crippen LogP contribution < -0.4 is 4.72 Å². The minimum Gasteiger partial charge on any atom is -0.395 e. The maximum Gasteiger partial charge on any atom is 0.209 e. The Balaban J connectivity index is 0. The summed E-state index contributed by atoms with van der Waals surface area (Å²) < 4.78 is 22.9. The number of nitrogens with one attached hydrogen (secondary N) is 1. The molecule has 1 unspecified atom stereocenters. The molecule has 0 fully saturated rings. The molecule has 0 rings (SSSR count).